The molecule has 16 heavy (non-hydrogen) atoms. The van der Waals surface area contributed by atoms with Gasteiger partial charge in [-0.3, -0.25) is 4.68 Å². The zero-order chi connectivity index (χ0) is 11.5. The number of aromatic nitrogens is 3. The average molecular weight is 236 g/mol. The van der Waals surface area contributed by atoms with Crippen molar-refractivity contribution in [2.45, 2.75) is 26.8 Å². The normalized spacial score (nSPS) is 11.0. The fourth-order valence-corrected chi connectivity index (χ4v) is 2.25. The number of nitrogens with zero attached hydrogens (tertiary/aromatic N) is 3. The van der Waals surface area contributed by atoms with E-state index < -0.39 is 0 Å². The highest BCUT2D eigenvalue weighted by Gasteiger charge is 2.07. The van der Waals surface area contributed by atoms with Crippen LogP contribution >= 0.6 is 11.3 Å². The molecule has 0 aromatic carbocycles. The first-order chi connectivity index (χ1) is 7.70. The Morgan fingerprint density at radius 3 is 2.88 bits per heavy atom. The molecule has 0 spiro atoms. The molecule has 0 bridgehead atoms. The second kappa shape index (κ2) is 4.65. The zero-order valence-electron chi connectivity index (χ0n) is 9.77. The second-order valence-electron chi connectivity index (χ2n) is 3.86. The van der Waals surface area contributed by atoms with Gasteiger partial charge in [-0.2, -0.15) is 5.10 Å². The Kier molecular flexibility index (Phi) is 3.24. The molecule has 4 nitrogen and oxygen atoms in total. The molecule has 0 amide bonds. The summed E-state index contributed by atoms with van der Waals surface area (Å²) < 4.78 is 1.96. The molecule has 0 saturated heterocycles. The number of anilines is 1. The predicted molar refractivity (Wildman–Crippen MR) is 67.9 cm³/mol. The Balaban J connectivity index is 2.21. The molecule has 0 fully saturated rings. The van der Waals surface area contributed by atoms with E-state index in [0.717, 1.165) is 22.1 Å². The lowest BCUT2D eigenvalue weighted by molar-refractivity contribution is 0.532. The van der Waals surface area contributed by atoms with Crippen molar-refractivity contribution in [1.82, 2.24) is 14.8 Å². The Hall–Kier alpha value is -1.36. The van der Waals surface area contributed by atoms with Crippen molar-refractivity contribution in [2.75, 3.05) is 11.9 Å². The Morgan fingerprint density at radius 2 is 2.25 bits per heavy atom. The van der Waals surface area contributed by atoms with Gasteiger partial charge in [0.15, 0.2) is 5.13 Å². The molecule has 0 aliphatic heterocycles. The molecule has 2 rings (SSSR count). The lowest BCUT2D eigenvalue weighted by atomic mass is 10.3. The van der Waals surface area contributed by atoms with E-state index in [1.54, 1.807) is 11.3 Å². The van der Waals surface area contributed by atoms with Crippen molar-refractivity contribution >= 4 is 16.5 Å². The van der Waals surface area contributed by atoms with Crippen LogP contribution in [0.15, 0.2) is 18.6 Å². The average Bonchev–Trinajstić information content (AvgIpc) is 2.84. The number of hydrogen-bond donors (Lipinski definition) is 1. The third kappa shape index (κ3) is 2.24. The van der Waals surface area contributed by atoms with Crippen LogP contribution in [-0.4, -0.2) is 21.3 Å². The lowest BCUT2D eigenvalue weighted by Gasteiger charge is -2.02. The zero-order valence-corrected chi connectivity index (χ0v) is 10.6. The summed E-state index contributed by atoms with van der Waals surface area (Å²) in [6, 6.07) is 0.398. The van der Waals surface area contributed by atoms with Crippen LogP contribution in [0.4, 0.5) is 5.13 Å². The van der Waals surface area contributed by atoms with Gasteiger partial charge in [0.1, 0.15) is 0 Å². The fraction of sp³-hybridized carbons (Fsp3) is 0.455. The first-order valence-corrected chi connectivity index (χ1v) is 6.26. The molecule has 5 heteroatoms. The SMILES string of the molecule is CCNc1ncc(-c2cnn(C(C)C)c2)s1. The highest BCUT2D eigenvalue weighted by Crippen LogP contribution is 2.28. The van der Waals surface area contributed by atoms with E-state index in [2.05, 4.69) is 42.4 Å². The summed E-state index contributed by atoms with van der Waals surface area (Å²) in [4.78, 5) is 5.46. The van der Waals surface area contributed by atoms with Crippen molar-refractivity contribution in [3.05, 3.63) is 18.6 Å². The van der Waals surface area contributed by atoms with Crippen molar-refractivity contribution in [3.63, 3.8) is 0 Å². The second-order valence-corrected chi connectivity index (χ2v) is 4.89. The summed E-state index contributed by atoms with van der Waals surface area (Å²) in [7, 11) is 0. The number of nitrogens with one attached hydrogen (secondary N) is 1. The van der Waals surface area contributed by atoms with E-state index in [4.69, 9.17) is 0 Å². The smallest absolute Gasteiger partial charge is 0.183 e. The van der Waals surface area contributed by atoms with E-state index in [9.17, 15) is 0 Å². The largest absolute Gasteiger partial charge is 0.362 e. The van der Waals surface area contributed by atoms with E-state index in [-0.39, 0.29) is 0 Å². The molecular weight excluding hydrogens is 220 g/mol. The summed E-state index contributed by atoms with van der Waals surface area (Å²) in [5, 5.41) is 8.50. The van der Waals surface area contributed by atoms with Gasteiger partial charge in [-0.15, -0.1) is 0 Å². The third-order valence-electron chi connectivity index (χ3n) is 2.25. The minimum Gasteiger partial charge on any atom is -0.362 e. The standard InChI is InChI=1S/C11H16N4S/c1-4-12-11-13-6-10(16-11)9-5-14-15(7-9)8(2)3/h5-8H,4H2,1-3H3,(H,12,13). The molecular formula is C11H16N4S. The van der Waals surface area contributed by atoms with Gasteiger partial charge in [0.05, 0.1) is 11.1 Å². The van der Waals surface area contributed by atoms with E-state index in [1.165, 1.54) is 0 Å². The van der Waals surface area contributed by atoms with E-state index in [0.29, 0.717) is 6.04 Å². The van der Waals surface area contributed by atoms with E-state index >= 15 is 0 Å². The molecule has 2 aromatic rings. The fourth-order valence-electron chi connectivity index (χ4n) is 1.39. The molecule has 0 aliphatic carbocycles. The molecule has 1 N–H and O–H groups in total. The summed E-state index contributed by atoms with van der Waals surface area (Å²) in [6.07, 6.45) is 5.85. The van der Waals surface area contributed by atoms with Gasteiger partial charge in [-0.1, -0.05) is 11.3 Å². The molecule has 0 unspecified atom stereocenters. The van der Waals surface area contributed by atoms with Crippen molar-refractivity contribution in [3.8, 4) is 10.4 Å². The van der Waals surface area contributed by atoms with Crippen LogP contribution in [0.1, 0.15) is 26.8 Å². The van der Waals surface area contributed by atoms with Gasteiger partial charge in [-0.05, 0) is 20.8 Å². The Morgan fingerprint density at radius 1 is 1.44 bits per heavy atom. The minimum absolute atomic E-state index is 0.398. The summed E-state index contributed by atoms with van der Waals surface area (Å²) in [6.45, 7) is 7.21. The van der Waals surface area contributed by atoms with Gasteiger partial charge in [0.25, 0.3) is 0 Å². The molecule has 86 valence electrons. The number of hydrogen-bond acceptors (Lipinski definition) is 4. The topological polar surface area (TPSA) is 42.7 Å². The number of thiazole rings is 1. The summed E-state index contributed by atoms with van der Waals surface area (Å²) in [5.41, 5.74) is 1.13. The quantitative estimate of drug-likeness (QED) is 0.887. The molecule has 2 heterocycles. The summed E-state index contributed by atoms with van der Waals surface area (Å²) >= 11 is 1.66. The van der Waals surface area contributed by atoms with Crippen molar-refractivity contribution in [1.29, 1.82) is 0 Å². The van der Waals surface area contributed by atoms with Crippen molar-refractivity contribution < 1.29 is 0 Å². The summed E-state index contributed by atoms with van der Waals surface area (Å²) in [5.74, 6) is 0. The van der Waals surface area contributed by atoms with Crippen LogP contribution in [-0.2, 0) is 0 Å². The molecule has 0 aliphatic rings. The van der Waals surface area contributed by atoms with E-state index in [1.807, 2.05) is 17.1 Å². The maximum Gasteiger partial charge on any atom is 0.183 e. The van der Waals surface area contributed by atoms with Crippen LogP contribution < -0.4 is 5.32 Å². The number of rotatable bonds is 4. The molecule has 0 atom stereocenters. The predicted octanol–water partition coefficient (Wildman–Crippen LogP) is 3.02. The minimum atomic E-state index is 0.398. The third-order valence-corrected chi connectivity index (χ3v) is 3.25. The van der Waals surface area contributed by atoms with Crippen LogP contribution in [0.5, 0.6) is 0 Å². The first kappa shape index (κ1) is 11.1. The van der Waals surface area contributed by atoms with Gasteiger partial charge >= 0.3 is 0 Å². The first-order valence-electron chi connectivity index (χ1n) is 5.45. The van der Waals surface area contributed by atoms with Crippen LogP contribution in [0.25, 0.3) is 10.4 Å². The highest BCUT2D eigenvalue weighted by atomic mass is 32.1. The molecule has 0 radical (unpaired) electrons. The Bertz CT molecular complexity index is 458. The monoisotopic (exact) mass is 236 g/mol. The lowest BCUT2D eigenvalue weighted by Crippen LogP contribution is -1.99. The van der Waals surface area contributed by atoms with Gasteiger partial charge in [0, 0.05) is 30.5 Å². The van der Waals surface area contributed by atoms with Gasteiger partial charge in [-0.25, -0.2) is 4.98 Å². The molecule has 0 saturated carbocycles. The maximum absolute atomic E-state index is 4.32. The van der Waals surface area contributed by atoms with Crippen molar-refractivity contribution in [2.24, 2.45) is 0 Å². The van der Waals surface area contributed by atoms with Gasteiger partial charge < -0.3 is 5.32 Å². The molecule has 2 aromatic heterocycles. The Labute approximate surface area is 99.3 Å². The highest BCUT2D eigenvalue weighted by molar-refractivity contribution is 7.18. The van der Waals surface area contributed by atoms with Crippen LogP contribution in [0, 0.1) is 0 Å². The maximum atomic E-state index is 4.32. The van der Waals surface area contributed by atoms with Gasteiger partial charge in [0.2, 0.25) is 0 Å². The van der Waals surface area contributed by atoms with Crippen LogP contribution in [0.2, 0.25) is 0 Å². The van der Waals surface area contributed by atoms with Crippen LogP contribution in [0.3, 0.4) is 0 Å².